The van der Waals surface area contributed by atoms with E-state index >= 15 is 0 Å². The van der Waals surface area contributed by atoms with E-state index in [1.165, 1.54) is 6.07 Å². The van der Waals surface area contributed by atoms with Crippen LogP contribution < -0.4 is 10.0 Å². The molecule has 1 aliphatic rings. The molecule has 1 aliphatic heterocycles. The zero-order valence-corrected chi connectivity index (χ0v) is 13.1. The summed E-state index contributed by atoms with van der Waals surface area (Å²) in [4.78, 5) is 16.6. The molecule has 2 N–H and O–H groups in total. The summed E-state index contributed by atoms with van der Waals surface area (Å²) in [6.07, 6.45) is 0. The lowest BCUT2D eigenvalue weighted by Crippen LogP contribution is -2.38. The lowest BCUT2D eigenvalue weighted by atomic mass is 10.0. The lowest BCUT2D eigenvalue weighted by Gasteiger charge is -2.16. The summed E-state index contributed by atoms with van der Waals surface area (Å²) < 4.78 is 26.5. The molecule has 1 aromatic rings. The van der Waals surface area contributed by atoms with E-state index in [1.807, 2.05) is 20.8 Å². The molecule has 21 heavy (non-hydrogen) atoms. The van der Waals surface area contributed by atoms with Crippen LogP contribution in [0.15, 0.2) is 34.2 Å². The van der Waals surface area contributed by atoms with Gasteiger partial charge < -0.3 is 5.32 Å². The minimum atomic E-state index is -3.58. The third kappa shape index (κ3) is 3.07. The highest BCUT2D eigenvalue weighted by atomic mass is 32.2. The molecule has 0 saturated carbocycles. The smallest absolute Gasteiger partial charge is 0.263 e. The van der Waals surface area contributed by atoms with Crippen LogP contribution in [0.25, 0.3) is 0 Å². The average molecular weight is 309 g/mol. The molecule has 1 atom stereocenters. The normalized spacial score (nSPS) is 19.1. The molecule has 1 aromatic carbocycles. The van der Waals surface area contributed by atoms with Crippen molar-refractivity contribution in [2.75, 3.05) is 6.54 Å². The van der Waals surface area contributed by atoms with E-state index < -0.39 is 16.1 Å². The van der Waals surface area contributed by atoms with Crippen LogP contribution in [0.2, 0.25) is 0 Å². The van der Waals surface area contributed by atoms with Gasteiger partial charge in [0.05, 0.1) is 4.90 Å². The van der Waals surface area contributed by atoms with E-state index in [-0.39, 0.29) is 22.6 Å². The second kappa shape index (κ2) is 5.85. The largest absolute Gasteiger partial charge is 0.355 e. The first-order chi connectivity index (χ1) is 9.86. The maximum Gasteiger partial charge on any atom is 0.263 e. The standard InChI is InChI=1S/C14H19N3O3S/c1-4-15-14(18)12(9(2)3)16-13-10-7-5-6-8-11(10)21(19,20)17-13/h5-9,12H,4H2,1-3H3,(H,15,18)(H,16,17)/t12-/m0/s1. The Kier molecular flexibility index (Phi) is 4.32. The predicted octanol–water partition coefficient (Wildman–Crippen LogP) is 0.886. The fraction of sp³-hybridized carbons (Fsp3) is 0.429. The highest BCUT2D eigenvalue weighted by Crippen LogP contribution is 2.23. The predicted molar refractivity (Wildman–Crippen MR) is 80.6 cm³/mol. The minimum absolute atomic E-state index is 0.0404. The van der Waals surface area contributed by atoms with E-state index in [0.29, 0.717) is 12.1 Å². The number of fused-ring (bicyclic) bond motifs is 1. The number of nitrogens with zero attached hydrogens (tertiary/aromatic N) is 1. The van der Waals surface area contributed by atoms with Crippen LogP contribution in [0.4, 0.5) is 0 Å². The topological polar surface area (TPSA) is 87.6 Å². The van der Waals surface area contributed by atoms with E-state index in [0.717, 1.165) is 0 Å². The Balaban J connectivity index is 2.44. The van der Waals surface area contributed by atoms with E-state index in [9.17, 15) is 13.2 Å². The zero-order valence-electron chi connectivity index (χ0n) is 12.3. The molecule has 0 saturated heterocycles. The first-order valence-electron chi connectivity index (χ1n) is 6.84. The fourth-order valence-corrected chi connectivity index (χ4v) is 3.40. The second-order valence-electron chi connectivity index (χ2n) is 5.16. The third-order valence-corrected chi connectivity index (χ3v) is 4.58. The molecule has 0 bridgehead atoms. The molecule has 0 aliphatic carbocycles. The van der Waals surface area contributed by atoms with Crippen molar-refractivity contribution >= 4 is 21.8 Å². The van der Waals surface area contributed by atoms with Crippen molar-refractivity contribution < 1.29 is 13.2 Å². The number of likely N-dealkylation sites (N-methyl/N-ethyl adjacent to an activating group) is 1. The minimum Gasteiger partial charge on any atom is -0.355 e. The molecular weight excluding hydrogens is 290 g/mol. The van der Waals surface area contributed by atoms with Crippen LogP contribution in [0, 0.1) is 5.92 Å². The number of hydrogen-bond acceptors (Lipinski definition) is 4. The van der Waals surface area contributed by atoms with Crippen LogP contribution >= 0.6 is 0 Å². The summed E-state index contributed by atoms with van der Waals surface area (Å²) in [6, 6.07) is 5.98. The SMILES string of the molecule is CCNC(=O)[C@@H](N=C1NS(=O)(=O)c2ccccc21)C(C)C. The Morgan fingerprint density at radius 1 is 1.33 bits per heavy atom. The van der Waals surface area contributed by atoms with Crippen LogP contribution in [0.5, 0.6) is 0 Å². The van der Waals surface area contributed by atoms with Crippen molar-refractivity contribution in [2.24, 2.45) is 10.9 Å². The molecule has 114 valence electrons. The van der Waals surface area contributed by atoms with Gasteiger partial charge in [0, 0.05) is 12.1 Å². The van der Waals surface area contributed by atoms with Gasteiger partial charge in [-0.05, 0) is 25.0 Å². The van der Waals surface area contributed by atoms with Crippen molar-refractivity contribution in [1.82, 2.24) is 10.0 Å². The number of rotatable bonds is 4. The maximum atomic E-state index is 12.1. The summed E-state index contributed by atoms with van der Waals surface area (Å²) in [7, 11) is -3.58. The average Bonchev–Trinajstić information content (AvgIpc) is 2.68. The molecule has 2 rings (SSSR count). The van der Waals surface area contributed by atoms with Crippen LogP contribution in [-0.2, 0) is 14.8 Å². The number of sulfonamides is 1. The highest BCUT2D eigenvalue weighted by Gasteiger charge is 2.32. The van der Waals surface area contributed by atoms with Gasteiger partial charge in [-0.1, -0.05) is 26.0 Å². The van der Waals surface area contributed by atoms with Gasteiger partial charge in [-0.3, -0.25) is 14.5 Å². The number of carbonyl (C=O) groups is 1. The highest BCUT2D eigenvalue weighted by molar-refractivity contribution is 7.90. The summed E-state index contributed by atoms with van der Waals surface area (Å²) in [5.74, 6) is -0.0135. The van der Waals surface area contributed by atoms with Crippen molar-refractivity contribution in [3.8, 4) is 0 Å². The van der Waals surface area contributed by atoms with Gasteiger partial charge in [-0.25, -0.2) is 8.42 Å². The van der Waals surface area contributed by atoms with E-state index in [1.54, 1.807) is 18.2 Å². The molecule has 7 heteroatoms. The van der Waals surface area contributed by atoms with Crippen LogP contribution in [0.3, 0.4) is 0 Å². The molecule has 6 nitrogen and oxygen atoms in total. The number of carbonyl (C=O) groups excluding carboxylic acids is 1. The zero-order chi connectivity index (χ0) is 15.6. The van der Waals surface area contributed by atoms with Gasteiger partial charge in [-0.2, -0.15) is 0 Å². The fourth-order valence-electron chi connectivity index (χ4n) is 2.16. The molecule has 0 aromatic heterocycles. The first kappa shape index (κ1) is 15.5. The molecule has 0 radical (unpaired) electrons. The van der Waals surface area contributed by atoms with Gasteiger partial charge in [0.1, 0.15) is 11.9 Å². The number of amidine groups is 1. The van der Waals surface area contributed by atoms with E-state index in [4.69, 9.17) is 0 Å². The van der Waals surface area contributed by atoms with Crippen LogP contribution in [-0.4, -0.2) is 32.7 Å². The quantitative estimate of drug-likeness (QED) is 0.865. The lowest BCUT2D eigenvalue weighted by molar-refractivity contribution is -0.123. The molecule has 1 amide bonds. The molecule has 0 unspecified atom stereocenters. The molecule has 0 spiro atoms. The van der Waals surface area contributed by atoms with Gasteiger partial charge in [0.25, 0.3) is 10.0 Å². The number of benzene rings is 1. The van der Waals surface area contributed by atoms with Gasteiger partial charge in [-0.15, -0.1) is 0 Å². The second-order valence-corrected chi connectivity index (χ2v) is 6.81. The summed E-state index contributed by atoms with van der Waals surface area (Å²) in [5.41, 5.74) is 0.507. The van der Waals surface area contributed by atoms with Gasteiger partial charge >= 0.3 is 0 Å². The van der Waals surface area contributed by atoms with Crippen molar-refractivity contribution in [3.05, 3.63) is 29.8 Å². The Hall–Kier alpha value is -1.89. The van der Waals surface area contributed by atoms with E-state index in [2.05, 4.69) is 15.0 Å². The number of nitrogens with one attached hydrogen (secondary N) is 2. The molecular formula is C14H19N3O3S. The Labute approximate surface area is 124 Å². The first-order valence-corrected chi connectivity index (χ1v) is 8.33. The third-order valence-electron chi connectivity index (χ3n) is 3.18. The number of amides is 1. The Morgan fingerprint density at radius 3 is 2.62 bits per heavy atom. The Morgan fingerprint density at radius 2 is 2.00 bits per heavy atom. The monoisotopic (exact) mass is 309 g/mol. The van der Waals surface area contributed by atoms with Gasteiger partial charge in [0.2, 0.25) is 5.91 Å². The van der Waals surface area contributed by atoms with Crippen molar-refractivity contribution in [2.45, 2.75) is 31.7 Å². The number of aliphatic imine (C=N–C) groups is 1. The molecule has 1 heterocycles. The number of hydrogen-bond donors (Lipinski definition) is 2. The Bertz CT molecular complexity index is 680. The summed E-state index contributed by atoms with van der Waals surface area (Å²) in [5, 5.41) is 2.72. The summed E-state index contributed by atoms with van der Waals surface area (Å²) >= 11 is 0. The van der Waals surface area contributed by atoms with Gasteiger partial charge in [0.15, 0.2) is 0 Å². The van der Waals surface area contributed by atoms with Crippen molar-refractivity contribution in [3.63, 3.8) is 0 Å². The molecule has 0 fully saturated rings. The van der Waals surface area contributed by atoms with Crippen molar-refractivity contribution in [1.29, 1.82) is 0 Å². The summed E-state index contributed by atoms with van der Waals surface area (Å²) in [6.45, 7) is 6.09. The maximum absolute atomic E-state index is 12.1. The van der Waals surface area contributed by atoms with Crippen LogP contribution in [0.1, 0.15) is 26.3 Å².